The van der Waals surface area contributed by atoms with Crippen molar-refractivity contribution in [3.8, 4) is 11.4 Å². The molecule has 4 aromatic rings. The van der Waals surface area contributed by atoms with Gasteiger partial charge < -0.3 is 16.0 Å². The zero-order chi connectivity index (χ0) is 20.7. The summed E-state index contributed by atoms with van der Waals surface area (Å²) in [5.41, 5.74) is 1.80. The molecule has 0 saturated carbocycles. The normalized spacial score (nSPS) is 17.1. The fourth-order valence-electron chi connectivity index (χ4n) is 3.46. The van der Waals surface area contributed by atoms with Crippen molar-refractivity contribution in [2.45, 2.75) is 6.04 Å². The monoisotopic (exact) mass is 469 g/mol. The second-order valence-corrected chi connectivity index (χ2v) is 7.80. The van der Waals surface area contributed by atoms with Crippen molar-refractivity contribution in [1.82, 2.24) is 30.2 Å². The van der Waals surface area contributed by atoms with Crippen molar-refractivity contribution < 1.29 is 9.18 Å². The predicted octanol–water partition coefficient (Wildman–Crippen LogP) is 2.35. The highest BCUT2D eigenvalue weighted by molar-refractivity contribution is 9.10. The van der Waals surface area contributed by atoms with E-state index in [9.17, 15) is 9.18 Å². The fraction of sp³-hybridized carbons (Fsp3) is 0.200. The molecule has 10 heteroatoms. The Labute approximate surface area is 179 Å². The lowest BCUT2D eigenvalue weighted by Crippen LogP contribution is -2.42. The number of halogens is 2. The number of carbonyl (C=O) groups is 1. The number of rotatable bonds is 3. The van der Waals surface area contributed by atoms with Crippen LogP contribution in [0.3, 0.4) is 0 Å². The molecule has 0 spiro atoms. The molecule has 152 valence electrons. The first-order valence-electron chi connectivity index (χ1n) is 9.46. The van der Waals surface area contributed by atoms with Crippen LogP contribution in [0.5, 0.6) is 0 Å². The largest absolute Gasteiger partial charge is 0.353 e. The second-order valence-electron chi connectivity index (χ2n) is 6.94. The lowest BCUT2D eigenvalue weighted by Gasteiger charge is -2.16. The minimum absolute atomic E-state index is 0.116. The summed E-state index contributed by atoms with van der Waals surface area (Å²) in [4.78, 5) is 21.7. The van der Waals surface area contributed by atoms with E-state index in [1.807, 2.05) is 18.2 Å². The molecule has 0 bridgehead atoms. The van der Waals surface area contributed by atoms with Crippen molar-refractivity contribution in [2.24, 2.45) is 0 Å². The van der Waals surface area contributed by atoms with Crippen LogP contribution in [-0.4, -0.2) is 51.2 Å². The average molecular weight is 470 g/mol. The number of carbonyl (C=O) groups excluding carboxylic acids is 1. The highest BCUT2D eigenvalue weighted by atomic mass is 79.9. The molecule has 1 aliphatic rings. The van der Waals surface area contributed by atoms with E-state index in [0.717, 1.165) is 9.86 Å². The van der Waals surface area contributed by atoms with Crippen LogP contribution in [0.2, 0.25) is 0 Å². The molecular formula is C20H17BrFN7O. The molecule has 5 rings (SSSR count). The van der Waals surface area contributed by atoms with Gasteiger partial charge >= 0.3 is 0 Å². The van der Waals surface area contributed by atoms with Gasteiger partial charge in [-0.3, -0.25) is 4.79 Å². The van der Waals surface area contributed by atoms with E-state index in [0.29, 0.717) is 48.1 Å². The summed E-state index contributed by atoms with van der Waals surface area (Å²) in [5.74, 6) is 0.269. The van der Waals surface area contributed by atoms with Crippen LogP contribution in [0, 0.1) is 5.82 Å². The van der Waals surface area contributed by atoms with Crippen LogP contribution in [0.4, 0.5) is 10.3 Å². The molecule has 3 N–H and O–H groups in total. The summed E-state index contributed by atoms with van der Waals surface area (Å²) < 4.78 is 16.1. The van der Waals surface area contributed by atoms with Crippen molar-refractivity contribution in [3.05, 3.63) is 52.8 Å². The number of fused-ring (bicyclic) bond motifs is 3. The summed E-state index contributed by atoms with van der Waals surface area (Å²) in [5, 5.41) is 14.6. The summed E-state index contributed by atoms with van der Waals surface area (Å²) in [6.45, 7) is 1.72. The molecular weight excluding hydrogens is 453 g/mol. The van der Waals surface area contributed by atoms with Gasteiger partial charge in [0.15, 0.2) is 11.5 Å². The number of hydrogen-bond acceptors (Lipinski definition) is 6. The van der Waals surface area contributed by atoms with Gasteiger partial charge in [-0.05, 0) is 40.2 Å². The molecule has 30 heavy (non-hydrogen) atoms. The van der Waals surface area contributed by atoms with Gasteiger partial charge in [0.25, 0.3) is 0 Å². The van der Waals surface area contributed by atoms with Crippen molar-refractivity contribution in [2.75, 3.05) is 25.0 Å². The lowest BCUT2D eigenvalue weighted by molar-refractivity contribution is -0.121. The average Bonchev–Trinajstić information content (AvgIpc) is 3.08. The van der Waals surface area contributed by atoms with Crippen molar-refractivity contribution in [1.29, 1.82) is 0 Å². The van der Waals surface area contributed by atoms with E-state index in [4.69, 9.17) is 0 Å². The molecule has 0 radical (unpaired) electrons. The highest BCUT2D eigenvalue weighted by Gasteiger charge is 2.24. The smallest absolute Gasteiger partial charge is 0.243 e. The van der Waals surface area contributed by atoms with Gasteiger partial charge in [0.1, 0.15) is 11.9 Å². The Morgan fingerprint density at radius 1 is 1.17 bits per heavy atom. The first-order valence-corrected chi connectivity index (χ1v) is 10.3. The second kappa shape index (κ2) is 7.62. The maximum atomic E-state index is 13.7. The number of nitrogens with zero attached hydrogens (tertiary/aromatic N) is 4. The third-order valence-corrected chi connectivity index (χ3v) is 5.56. The molecule has 1 saturated heterocycles. The Hall–Kier alpha value is -3.11. The van der Waals surface area contributed by atoms with Crippen LogP contribution < -0.4 is 16.0 Å². The Bertz CT molecular complexity index is 1270. The molecule has 8 nitrogen and oxygen atoms in total. The maximum absolute atomic E-state index is 13.7. The molecule has 3 heterocycles. The SMILES string of the molecule is O=C1NCCNCC1Nc1nc2cccc(Br)c2c2nc(-c3cccc(F)c3)nn12. The van der Waals surface area contributed by atoms with Crippen LogP contribution >= 0.6 is 15.9 Å². The standard InChI is InChI=1S/C20H17BrFN7O/c21-13-5-2-6-14-16(13)18-27-17(11-3-1-4-12(22)9-11)28-29(18)20(25-14)26-15-10-23-7-8-24-19(15)30/h1-6,9,15,23H,7-8,10H2,(H,24,30)(H,25,26). The molecule has 1 fully saturated rings. The topological polar surface area (TPSA) is 96.2 Å². The lowest BCUT2D eigenvalue weighted by atomic mass is 10.2. The number of benzene rings is 2. The summed E-state index contributed by atoms with van der Waals surface area (Å²) in [7, 11) is 0. The summed E-state index contributed by atoms with van der Waals surface area (Å²) in [6, 6.07) is 11.2. The summed E-state index contributed by atoms with van der Waals surface area (Å²) >= 11 is 3.56. The summed E-state index contributed by atoms with van der Waals surface area (Å²) in [6.07, 6.45) is 0. The number of amides is 1. The Kier molecular flexibility index (Phi) is 4.80. The minimum atomic E-state index is -0.519. The Morgan fingerprint density at radius 3 is 2.90 bits per heavy atom. The zero-order valence-electron chi connectivity index (χ0n) is 15.7. The molecule has 2 aromatic heterocycles. The molecule has 1 aliphatic heterocycles. The van der Waals surface area contributed by atoms with Gasteiger partial charge in [0.05, 0.1) is 10.9 Å². The first kappa shape index (κ1) is 18.9. The number of anilines is 1. The van der Waals surface area contributed by atoms with Gasteiger partial charge in [-0.2, -0.15) is 4.52 Å². The fourth-order valence-corrected chi connectivity index (χ4v) is 4.00. The number of aromatic nitrogens is 4. The van der Waals surface area contributed by atoms with Crippen molar-refractivity contribution in [3.63, 3.8) is 0 Å². The van der Waals surface area contributed by atoms with Crippen molar-refractivity contribution >= 4 is 44.3 Å². The van der Waals surface area contributed by atoms with Gasteiger partial charge in [-0.1, -0.05) is 18.2 Å². The molecule has 1 unspecified atom stereocenters. The first-order chi connectivity index (χ1) is 14.6. The number of nitrogens with one attached hydrogen (secondary N) is 3. The van der Waals surface area contributed by atoms with E-state index in [-0.39, 0.29) is 11.7 Å². The van der Waals surface area contributed by atoms with Crippen LogP contribution in [0.25, 0.3) is 27.9 Å². The number of hydrogen-bond donors (Lipinski definition) is 3. The van der Waals surface area contributed by atoms with Gasteiger partial charge in [0, 0.05) is 29.7 Å². The van der Waals surface area contributed by atoms with Crippen LogP contribution in [0.15, 0.2) is 46.9 Å². The molecule has 1 amide bonds. The predicted molar refractivity (Wildman–Crippen MR) is 115 cm³/mol. The molecule has 0 aliphatic carbocycles. The minimum Gasteiger partial charge on any atom is -0.353 e. The van der Waals surface area contributed by atoms with Gasteiger partial charge in [-0.25, -0.2) is 14.4 Å². The van der Waals surface area contributed by atoms with E-state index < -0.39 is 6.04 Å². The van der Waals surface area contributed by atoms with Gasteiger partial charge in [0.2, 0.25) is 11.9 Å². The van der Waals surface area contributed by atoms with Crippen LogP contribution in [0.1, 0.15) is 0 Å². The van der Waals surface area contributed by atoms with Gasteiger partial charge in [-0.15, -0.1) is 5.10 Å². The van der Waals surface area contributed by atoms with E-state index in [1.165, 1.54) is 12.1 Å². The third-order valence-electron chi connectivity index (χ3n) is 4.90. The highest BCUT2D eigenvalue weighted by Crippen LogP contribution is 2.30. The van der Waals surface area contributed by atoms with E-state index in [2.05, 4.69) is 46.9 Å². The maximum Gasteiger partial charge on any atom is 0.243 e. The van der Waals surface area contributed by atoms with E-state index in [1.54, 1.807) is 16.6 Å². The Balaban J connectivity index is 1.70. The zero-order valence-corrected chi connectivity index (χ0v) is 17.3. The molecule has 1 atom stereocenters. The molecule has 2 aromatic carbocycles. The van der Waals surface area contributed by atoms with Crippen LogP contribution in [-0.2, 0) is 4.79 Å². The van der Waals surface area contributed by atoms with E-state index >= 15 is 0 Å². The Morgan fingerprint density at radius 2 is 2.03 bits per heavy atom. The third kappa shape index (κ3) is 3.37. The quantitative estimate of drug-likeness (QED) is 0.426.